The van der Waals surface area contributed by atoms with Gasteiger partial charge in [-0.05, 0) is 19.1 Å². The molecule has 0 radical (unpaired) electrons. The van der Waals surface area contributed by atoms with E-state index in [1.54, 1.807) is 30.1 Å². The predicted octanol–water partition coefficient (Wildman–Crippen LogP) is 2.79. The van der Waals surface area contributed by atoms with Gasteiger partial charge in [0.25, 0.3) is 11.8 Å². The molecule has 9 heteroatoms. The van der Waals surface area contributed by atoms with Crippen LogP contribution in [0.5, 0.6) is 0 Å². The molecule has 0 atom stereocenters. The highest BCUT2D eigenvalue weighted by Gasteiger charge is 2.21. The molecule has 0 saturated carbocycles. The number of carbonyl (C=O) groups excluding carboxylic acids is 2. The van der Waals surface area contributed by atoms with E-state index in [2.05, 4.69) is 20.8 Å². The fraction of sp³-hybridized carbons (Fsp3) is 0.176. The van der Waals surface area contributed by atoms with Crippen molar-refractivity contribution in [2.24, 2.45) is 7.05 Å². The van der Waals surface area contributed by atoms with Gasteiger partial charge in [0.05, 0.1) is 10.7 Å². The van der Waals surface area contributed by atoms with E-state index >= 15 is 0 Å². The molecule has 0 fully saturated rings. The number of hydrogen-bond donors (Lipinski definition) is 2. The average Bonchev–Trinajstić information content (AvgIpc) is 3.18. The minimum atomic E-state index is -0.514. The summed E-state index contributed by atoms with van der Waals surface area (Å²) < 4.78 is 3.01. The maximum Gasteiger partial charge on any atom is 0.278 e. The van der Waals surface area contributed by atoms with Crippen LogP contribution in [0.4, 0.5) is 11.4 Å². The number of halogens is 1. The van der Waals surface area contributed by atoms with E-state index in [-0.39, 0.29) is 22.1 Å². The number of aryl methyl sites for hydroxylation is 2. The SMILES string of the molecule is CCn1cc(NC(=O)c2nn(C)cc2Cl)c(C(=O)Nc2ccccc2)n1. The summed E-state index contributed by atoms with van der Waals surface area (Å²) in [6.45, 7) is 2.43. The Labute approximate surface area is 154 Å². The third-order valence-corrected chi connectivity index (χ3v) is 3.86. The molecular formula is C17H17ClN6O2. The molecule has 26 heavy (non-hydrogen) atoms. The number of amides is 2. The number of para-hydroxylation sites is 1. The second-order valence-corrected chi connectivity index (χ2v) is 5.93. The number of hydrogen-bond acceptors (Lipinski definition) is 4. The lowest BCUT2D eigenvalue weighted by molar-refractivity contribution is 0.102. The Balaban J connectivity index is 1.85. The van der Waals surface area contributed by atoms with Gasteiger partial charge in [-0.15, -0.1) is 0 Å². The minimum Gasteiger partial charge on any atom is -0.321 e. The topological polar surface area (TPSA) is 93.8 Å². The Morgan fingerprint density at radius 3 is 2.35 bits per heavy atom. The van der Waals surface area contributed by atoms with Crippen molar-refractivity contribution in [2.45, 2.75) is 13.5 Å². The maximum absolute atomic E-state index is 12.6. The second-order valence-electron chi connectivity index (χ2n) is 5.52. The van der Waals surface area contributed by atoms with Gasteiger partial charge >= 0.3 is 0 Å². The Morgan fingerprint density at radius 2 is 1.73 bits per heavy atom. The van der Waals surface area contributed by atoms with Crippen LogP contribution in [-0.4, -0.2) is 31.4 Å². The van der Waals surface area contributed by atoms with Crippen molar-refractivity contribution in [1.82, 2.24) is 19.6 Å². The quantitative estimate of drug-likeness (QED) is 0.720. The second kappa shape index (κ2) is 7.40. The van der Waals surface area contributed by atoms with Gasteiger partial charge in [0.2, 0.25) is 0 Å². The first kappa shape index (κ1) is 17.7. The van der Waals surface area contributed by atoms with Gasteiger partial charge in [0.15, 0.2) is 11.4 Å². The van der Waals surface area contributed by atoms with Gasteiger partial charge in [0, 0.05) is 31.7 Å². The number of anilines is 2. The zero-order valence-corrected chi connectivity index (χ0v) is 15.0. The predicted molar refractivity (Wildman–Crippen MR) is 98.5 cm³/mol. The number of nitrogens with zero attached hydrogens (tertiary/aromatic N) is 4. The molecule has 2 aromatic heterocycles. The van der Waals surface area contributed by atoms with E-state index < -0.39 is 11.8 Å². The Kier molecular flexibility index (Phi) is 5.04. The summed E-state index contributed by atoms with van der Waals surface area (Å²) in [6.07, 6.45) is 3.11. The van der Waals surface area contributed by atoms with Crippen molar-refractivity contribution in [3.8, 4) is 0 Å². The Hall–Kier alpha value is -3.13. The summed E-state index contributed by atoms with van der Waals surface area (Å²) >= 11 is 6.00. The lowest BCUT2D eigenvalue weighted by Gasteiger charge is -2.05. The average molecular weight is 373 g/mol. The third-order valence-electron chi connectivity index (χ3n) is 3.58. The lowest BCUT2D eigenvalue weighted by Crippen LogP contribution is -2.18. The van der Waals surface area contributed by atoms with E-state index in [0.717, 1.165) is 0 Å². The molecule has 2 heterocycles. The first-order valence-electron chi connectivity index (χ1n) is 7.92. The number of benzene rings is 1. The number of nitrogens with one attached hydrogen (secondary N) is 2. The van der Waals surface area contributed by atoms with E-state index in [9.17, 15) is 9.59 Å². The summed E-state index contributed by atoms with van der Waals surface area (Å²) in [5.41, 5.74) is 1.10. The molecule has 0 bridgehead atoms. The molecule has 2 N–H and O–H groups in total. The zero-order chi connectivity index (χ0) is 18.7. The van der Waals surface area contributed by atoms with Crippen molar-refractivity contribution in [3.05, 3.63) is 59.1 Å². The molecule has 0 saturated heterocycles. The van der Waals surface area contributed by atoms with Crippen molar-refractivity contribution < 1.29 is 9.59 Å². The fourth-order valence-corrected chi connectivity index (χ4v) is 2.61. The van der Waals surface area contributed by atoms with E-state index in [4.69, 9.17) is 11.6 Å². The van der Waals surface area contributed by atoms with Crippen molar-refractivity contribution >= 4 is 34.8 Å². The molecule has 8 nitrogen and oxygen atoms in total. The fourth-order valence-electron chi connectivity index (χ4n) is 2.35. The van der Waals surface area contributed by atoms with E-state index in [0.29, 0.717) is 12.2 Å². The highest BCUT2D eigenvalue weighted by molar-refractivity contribution is 6.34. The van der Waals surface area contributed by atoms with Crippen LogP contribution < -0.4 is 10.6 Å². The van der Waals surface area contributed by atoms with Crippen molar-refractivity contribution in [2.75, 3.05) is 10.6 Å². The zero-order valence-electron chi connectivity index (χ0n) is 14.2. The summed E-state index contributed by atoms with van der Waals surface area (Å²) in [5, 5.41) is 13.9. The van der Waals surface area contributed by atoms with Crippen LogP contribution in [-0.2, 0) is 13.6 Å². The standard InChI is InChI=1S/C17H17ClN6O2/c1-3-24-10-13(20-16(25)14-12(18)9-23(2)21-14)15(22-24)17(26)19-11-7-5-4-6-8-11/h4-10H,3H2,1-2H3,(H,19,26)(H,20,25). The normalized spacial score (nSPS) is 10.6. The third kappa shape index (κ3) is 3.75. The first-order valence-corrected chi connectivity index (χ1v) is 8.30. The molecule has 134 valence electrons. The highest BCUT2D eigenvalue weighted by atomic mass is 35.5. The van der Waals surface area contributed by atoms with Crippen LogP contribution >= 0.6 is 11.6 Å². The molecule has 0 unspecified atom stereocenters. The van der Waals surface area contributed by atoms with E-state index in [1.165, 1.54) is 10.9 Å². The summed E-state index contributed by atoms with van der Waals surface area (Å²) in [7, 11) is 1.66. The summed E-state index contributed by atoms with van der Waals surface area (Å²) in [5.74, 6) is -0.939. The van der Waals surface area contributed by atoms with Gasteiger partial charge in [-0.1, -0.05) is 29.8 Å². The van der Waals surface area contributed by atoms with Gasteiger partial charge in [-0.25, -0.2) is 0 Å². The Morgan fingerprint density at radius 1 is 1.04 bits per heavy atom. The largest absolute Gasteiger partial charge is 0.321 e. The van der Waals surface area contributed by atoms with Gasteiger partial charge < -0.3 is 10.6 Å². The molecule has 0 aliphatic heterocycles. The highest BCUT2D eigenvalue weighted by Crippen LogP contribution is 2.19. The molecule has 0 aliphatic rings. The van der Waals surface area contributed by atoms with Crippen LogP contribution in [0, 0.1) is 0 Å². The van der Waals surface area contributed by atoms with Crippen LogP contribution in [0.15, 0.2) is 42.7 Å². The molecule has 3 aromatic rings. The number of aromatic nitrogens is 4. The summed E-state index contributed by atoms with van der Waals surface area (Å²) in [4.78, 5) is 25.0. The molecular weight excluding hydrogens is 356 g/mol. The van der Waals surface area contributed by atoms with E-state index in [1.807, 2.05) is 25.1 Å². The smallest absolute Gasteiger partial charge is 0.278 e. The molecule has 0 spiro atoms. The summed E-state index contributed by atoms with van der Waals surface area (Å²) in [6, 6.07) is 9.00. The monoisotopic (exact) mass is 372 g/mol. The molecule has 0 aliphatic carbocycles. The Bertz CT molecular complexity index is 948. The lowest BCUT2D eigenvalue weighted by atomic mass is 10.3. The van der Waals surface area contributed by atoms with Gasteiger partial charge in [0.1, 0.15) is 0 Å². The number of rotatable bonds is 5. The molecule has 3 rings (SSSR count). The van der Waals surface area contributed by atoms with Crippen LogP contribution in [0.1, 0.15) is 27.9 Å². The van der Waals surface area contributed by atoms with Crippen LogP contribution in [0.3, 0.4) is 0 Å². The molecule has 2 amide bonds. The maximum atomic E-state index is 12.6. The van der Waals surface area contributed by atoms with Crippen LogP contribution in [0.2, 0.25) is 5.02 Å². The van der Waals surface area contributed by atoms with Crippen molar-refractivity contribution in [3.63, 3.8) is 0 Å². The first-order chi connectivity index (χ1) is 12.5. The van der Waals surface area contributed by atoms with Gasteiger partial charge in [-0.2, -0.15) is 10.2 Å². The van der Waals surface area contributed by atoms with Crippen LogP contribution in [0.25, 0.3) is 0 Å². The minimum absolute atomic E-state index is 0.0767. The van der Waals surface area contributed by atoms with Gasteiger partial charge in [-0.3, -0.25) is 19.0 Å². The number of carbonyl (C=O) groups is 2. The molecule has 1 aromatic carbocycles. The van der Waals surface area contributed by atoms with Crippen molar-refractivity contribution in [1.29, 1.82) is 0 Å².